The van der Waals surface area contributed by atoms with E-state index in [0.717, 1.165) is 40.4 Å². The maximum atomic E-state index is 9.43. The highest BCUT2D eigenvalue weighted by molar-refractivity contribution is 7.19. The zero-order valence-corrected chi connectivity index (χ0v) is 14.2. The molecule has 1 N–H and O–H groups in total. The van der Waals surface area contributed by atoms with Crippen LogP contribution in [0.5, 0.6) is 5.75 Å². The Morgan fingerprint density at radius 3 is 2.77 bits per heavy atom. The van der Waals surface area contributed by atoms with Crippen LogP contribution in [-0.2, 0) is 6.61 Å². The lowest BCUT2D eigenvalue weighted by atomic mass is 9.98. The third-order valence-corrected chi connectivity index (χ3v) is 5.39. The molecule has 1 saturated carbocycles. The second-order valence-electron chi connectivity index (χ2n) is 5.72. The fraction of sp³-hybridized carbons (Fsp3) is 0.471. The molecule has 3 nitrogen and oxygen atoms in total. The third kappa shape index (κ3) is 3.45. The van der Waals surface area contributed by atoms with Gasteiger partial charge in [0.1, 0.15) is 5.75 Å². The molecule has 5 heteroatoms. The number of aliphatic hydroxyl groups excluding tert-OH is 1. The van der Waals surface area contributed by atoms with Crippen molar-refractivity contribution in [3.63, 3.8) is 0 Å². The second kappa shape index (κ2) is 6.99. The van der Waals surface area contributed by atoms with Gasteiger partial charge >= 0.3 is 0 Å². The number of aromatic nitrogens is 1. The highest BCUT2D eigenvalue weighted by Gasteiger charge is 2.17. The molecule has 0 aromatic carbocycles. The Labute approximate surface area is 139 Å². The Kier molecular flexibility index (Phi) is 5.01. The summed E-state index contributed by atoms with van der Waals surface area (Å²) in [5.41, 5.74) is 2.55. The summed E-state index contributed by atoms with van der Waals surface area (Å²) in [5, 5.41) is 9.43. The molecule has 1 fully saturated rings. The highest BCUT2D eigenvalue weighted by atomic mass is 35.5. The molecular weight excluding hydrogens is 318 g/mol. The number of nitrogens with zero attached hydrogens (tertiary/aromatic N) is 1. The predicted molar refractivity (Wildman–Crippen MR) is 90.7 cm³/mol. The number of pyridine rings is 1. The number of aryl methyl sites for hydroxylation is 1. The van der Waals surface area contributed by atoms with Gasteiger partial charge in [-0.3, -0.25) is 0 Å². The van der Waals surface area contributed by atoms with E-state index in [-0.39, 0.29) is 6.61 Å². The molecule has 0 radical (unpaired) electrons. The van der Waals surface area contributed by atoms with Crippen LogP contribution in [-0.4, -0.2) is 16.2 Å². The number of rotatable bonds is 4. The zero-order valence-electron chi connectivity index (χ0n) is 12.6. The zero-order chi connectivity index (χ0) is 15.5. The summed E-state index contributed by atoms with van der Waals surface area (Å²) in [4.78, 5) is 5.58. The van der Waals surface area contributed by atoms with Gasteiger partial charge < -0.3 is 9.84 Å². The largest absolute Gasteiger partial charge is 0.489 e. The normalized spacial score (nSPS) is 16.0. The number of hydrogen-bond donors (Lipinski definition) is 1. The number of ether oxygens (including phenoxy) is 1. The Morgan fingerprint density at radius 2 is 2.09 bits per heavy atom. The molecule has 0 saturated heterocycles. The number of aliphatic hydroxyl groups is 1. The van der Waals surface area contributed by atoms with Crippen molar-refractivity contribution in [3.05, 3.63) is 33.8 Å². The molecule has 0 aliphatic heterocycles. The van der Waals surface area contributed by atoms with E-state index < -0.39 is 0 Å². The Bertz CT molecular complexity index is 650. The molecule has 0 bridgehead atoms. The smallest absolute Gasteiger partial charge is 0.140 e. The Hall–Kier alpha value is -1.10. The summed E-state index contributed by atoms with van der Waals surface area (Å²) in [6, 6.07) is 5.73. The number of halogens is 1. The van der Waals surface area contributed by atoms with Crippen molar-refractivity contribution in [1.29, 1.82) is 0 Å². The first-order valence-electron chi connectivity index (χ1n) is 7.71. The van der Waals surface area contributed by atoms with E-state index in [0.29, 0.717) is 10.4 Å². The number of hydrogen-bond acceptors (Lipinski definition) is 4. The van der Waals surface area contributed by atoms with Crippen molar-refractivity contribution in [3.8, 4) is 16.3 Å². The molecule has 118 valence electrons. The fourth-order valence-electron chi connectivity index (χ4n) is 2.89. The quantitative estimate of drug-likeness (QED) is 0.855. The lowest BCUT2D eigenvalue weighted by Gasteiger charge is -2.23. The molecule has 2 heterocycles. The maximum absolute atomic E-state index is 9.43. The van der Waals surface area contributed by atoms with E-state index in [1.165, 1.54) is 30.6 Å². The van der Waals surface area contributed by atoms with Crippen molar-refractivity contribution >= 4 is 22.9 Å². The lowest BCUT2D eigenvalue weighted by molar-refractivity contribution is 0.153. The van der Waals surface area contributed by atoms with E-state index >= 15 is 0 Å². The summed E-state index contributed by atoms with van der Waals surface area (Å²) < 4.78 is 6.77. The maximum Gasteiger partial charge on any atom is 0.140 e. The van der Waals surface area contributed by atoms with E-state index in [2.05, 4.69) is 4.98 Å². The van der Waals surface area contributed by atoms with Crippen molar-refractivity contribution in [2.24, 2.45) is 0 Å². The van der Waals surface area contributed by atoms with Gasteiger partial charge in [-0.15, -0.1) is 11.3 Å². The van der Waals surface area contributed by atoms with Crippen LogP contribution in [0.2, 0.25) is 4.34 Å². The minimum atomic E-state index is -0.0282. The van der Waals surface area contributed by atoms with Gasteiger partial charge in [-0.1, -0.05) is 18.0 Å². The fourth-order valence-corrected chi connectivity index (χ4v) is 4.12. The number of thiophene rings is 1. The molecule has 0 spiro atoms. The summed E-state index contributed by atoms with van der Waals surface area (Å²) in [7, 11) is 0. The molecule has 1 aliphatic carbocycles. The van der Waals surface area contributed by atoms with Gasteiger partial charge in [0, 0.05) is 0 Å². The van der Waals surface area contributed by atoms with E-state index in [1.54, 1.807) is 6.07 Å². The third-order valence-electron chi connectivity index (χ3n) is 4.07. The summed E-state index contributed by atoms with van der Waals surface area (Å²) in [6.45, 7) is 1.94. The standard InChI is InChI=1S/C17H20ClNO2S/c1-11-15(21-13-5-3-2-4-6-13)8-7-14(19-11)17-12(10-20)9-16(18)22-17/h7-9,13,20H,2-6,10H2,1H3. The molecule has 3 rings (SSSR count). The van der Waals surface area contributed by atoms with Crippen molar-refractivity contribution in [1.82, 2.24) is 4.98 Å². The van der Waals surface area contributed by atoms with Gasteiger partial charge in [0.15, 0.2) is 0 Å². The monoisotopic (exact) mass is 337 g/mol. The van der Waals surface area contributed by atoms with E-state index in [9.17, 15) is 5.11 Å². The van der Waals surface area contributed by atoms with Crippen molar-refractivity contribution in [2.45, 2.75) is 51.7 Å². The first-order valence-corrected chi connectivity index (χ1v) is 8.90. The lowest BCUT2D eigenvalue weighted by Crippen LogP contribution is -2.20. The van der Waals surface area contributed by atoms with Crippen LogP contribution >= 0.6 is 22.9 Å². The Balaban J connectivity index is 1.82. The molecule has 0 amide bonds. The van der Waals surface area contributed by atoms with Crippen molar-refractivity contribution < 1.29 is 9.84 Å². The highest BCUT2D eigenvalue weighted by Crippen LogP contribution is 2.36. The predicted octanol–water partition coefficient (Wildman–Crippen LogP) is 4.98. The van der Waals surface area contributed by atoms with Gasteiger partial charge in [0.25, 0.3) is 0 Å². The molecular formula is C17H20ClNO2S. The van der Waals surface area contributed by atoms with Gasteiger partial charge in [-0.05, 0) is 56.4 Å². The van der Waals surface area contributed by atoms with Crippen LogP contribution in [0.1, 0.15) is 43.4 Å². The summed E-state index contributed by atoms with van der Waals surface area (Å²) in [5.74, 6) is 0.865. The topological polar surface area (TPSA) is 42.4 Å². The van der Waals surface area contributed by atoms with Crippen LogP contribution in [0.25, 0.3) is 10.6 Å². The van der Waals surface area contributed by atoms with E-state index in [4.69, 9.17) is 16.3 Å². The molecule has 0 unspecified atom stereocenters. The first kappa shape index (κ1) is 15.8. The summed E-state index contributed by atoms with van der Waals surface area (Å²) >= 11 is 7.49. The average Bonchev–Trinajstić information content (AvgIpc) is 2.91. The minimum absolute atomic E-state index is 0.0282. The Morgan fingerprint density at radius 1 is 1.32 bits per heavy atom. The van der Waals surface area contributed by atoms with Crippen LogP contribution < -0.4 is 4.74 Å². The SMILES string of the molecule is Cc1nc(-c2sc(Cl)cc2CO)ccc1OC1CCCCC1. The van der Waals surface area contributed by atoms with Gasteiger partial charge in [-0.25, -0.2) is 4.98 Å². The average molecular weight is 338 g/mol. The van der Waals surface area contributed by atoms with Crippen molar-refractivity contribution in [2.75, 3.05) is 0 Å². The molecule has 2 aromatic rings. The summed E-state index contributed by atoms with van der Waals surface area (Å²) in [6.07, 6.45) is 6.42. The second-order valence-corrected chi connectivity index (χ2v) is 7.40. The molecule has 0 atom stereocenters. The minimum Gasteiger partial charge on any atom is -0.489 e. The van der Waals surface area contributed by atoms with Crippen LogP contribution in [0.3, 0.4) is 0 Å². The van der Waals surface area contributed by atoms with Crippen LogP contribution in [0.4, 0.5) is 0 Å². The van der Waals surface area contributed by atoms with E-state index in [1.807, 2.05) is 19.1 Å². The van der Waals surface area contributed by atoms with Gasteiger partial charge in [0.05, 0.1) is 33.3 Å². The molecule has 22 heavy (non-hydrogen) atoms. The van der Waals surface area contributed by atoms with Crippen LogP contribution in [0, 0.1) is 6.92 Å². The van der Waals surface area contributed by atoms with Crippen LogP contribution in [0.15, 0.2) is 18.2 Å². The molecule has 2 aromatic heterocycles. The molecule has 1 aliphatic rings. The first-order chi connectivity index (χ1) is 10.7. The van der Waals surface area contributed by atoms with Gasteiger partial charge in [0.2, 0.25) is 0 Å². The van der Waals surface area contributed by atoms with Gasteiger partial charge in [-0.2, -0.15) is 0 Å².